The van der Waals surface area contributed by atoms with Crippen LogP contribution in [-0.4, -0.2) is 45.5 Å². The van der Waals surface area contributed by atoms with Gasteiger partial charge in [-0.1, -0.05) is 35.5 Å². The standard InChI is InChI=1S/C22H19N7O2/c1-14(15-6-4-3-5-7-15)29-13-20(25-26-29)19-12-28(22(30)31)21-18(19)8-16(9-23-21)17-10-24-27(2)11-17/h3-14H,1-2H3,(H,30,31). The lowest BCUT2D eigenvalue weighted by atomic mass is 10.1. The van der Waals surface area contributed by atoms with Crippen molar-refractivity contribution in [2.45, 2.75) is 13.0 Å². The van der Waals surface area contributed by atoms with Crippen molar-refractivity contribution in [2.24, 2.45) is 7.05 Å². The van der Waals surface area contributed by atoms with Crippen LogP contribution in [0.4, 0.5) is 4.79 Å². The van der Waals surface area contributed by atoms with Crippen molar-refractivity contribution in [3.63, 3.8) is 0 Å². The zero-order valence-electron chi connectivity index (χ0n) is 16.9. The lowest BCUT2D eigenvalue weighted by Crippen LogP contribution is -2.07. The summed E-state index contributed by atoms with van der Waals surface area (Å²) in [6, 6.07) is 11.9. The Bertz CT molecular complexity index is 1400. The normalized spacial score (nSPS) is 12.3. The van der Waals surface area contributed by atoms with Crippen LogP contribution in [0.3, 0.4) is 0 Å². The molecule has 5 rings (SSSR count). The minimum absolute atomic E-state index is 0.0145. The average Bonchev–Trinajstić information content (AvgIpc) is 3.51. The molecule has 1 aromatic carbocycles. The molecule has 0 radical (unpaired) electrons. The molecule has 0 aliphatic carbocycles. The smallest absolute Gasteiger partial charge is 0.417 e. The van der Waals surface area contributed by atoms with Crippen LogP contribution < -0.4 is 0 Å². The molecule has 0 saturated carbocycles. The zero-order valence-corrected chi connectivity index (χ0v) is 16.9. The minimum Gasteiger partial charge on any atom is -0.464 e. The Hall–Kier alpha value is -4.27. The van der Waals surface area contributed by atoms with E-state index in [0.29, 0.717) is 22.3 Å². The average molecular weight is 413 g/mol. The highest BCUT2D eigenvalue weighted by Crippen LogP contribution is 2.32. The molecule has 4 aromatic heterocycles. The summed E-state index contributed by atoms with van der Waals surface area (Å²) in [4.78, 5) is 16.2. The summed E-state index contributed by atoms with van der Waals surface area (Å²) in [5.74, 6) is 0. The number of aromatic nitrogens is 7. The molecule has 31 heavy (non-hydrogen) atoms. The number of fused-ring (bicyclic) bond motifs is 1. The van der Waals surface area contributed by atoms with Gasteiger partial charge in [-0.3, -0.25) is 4.68 Å². The van der Waals surface area contributed by atoms with Crippen LogP contribution in [0.1, 0.15) is 18.5 Å². The van der Waals surface area contributed by atoms with Crippen molar-refractivity contribution < 1.29 is 9.90 Å². The third-order valence-electron chi connectivity index (χ3n) is 5.35. The van der Waals surface area contributed by atoms with E-state index in [9.17, 15) is 9.90 Å². The number of hydrogen-bond acceptors (Lipinski definition) is 5. The summed E-state index contributed by atoms with van der Waals surface area (Å²) in [6.07, 6.45) is 7.53. The maximum atomic E-state index is 11.8. The van der Waals surface area contributed by atoms with Gasteiger partial charge in [0.1, 0.15) is 11.3 Å². The summed E-state index contributed by atoms with van der Waals surface area (Å²) >= 11 is 0. The third kappa shape index (κ3) is 3.25. The molecule has 0 aliphatic rings. The van der Waals surface area contributed by atoms with Crippen LogP contribution in [0.2, 0.25) is 0 Å². The van der Waals surface area contributed by atoms with Gasteiger partial charge in [0.15, 0.2) is 0 Å². The maximum Gasteiger partial charge on any atom is 0.417 e. The van der Waals surface area contributed by atoms with Gasteiger partial charge in [0, 0.05) is 47.7 Å². The number of aryl methyl sites for hydroxylation is 1. The molecule has 0 bridgehead atoms. The molecule has 1 unspecified atom stereocenters. The van der Waals surface area contributed by atoms with Crippen molar-refractivity contribution in [3.05, 3.63) is 72.9 Å². The van der Waals surface area contributed by atoms with Gasteiger partial charge >= 0.3 is 6.09 Å². The van der Waals surface area contributed by atoms with Gasteiger partial charge in [-0.05, 0) is 18.6 Å². The lowest BCUT2D eigenvalue weighted by molar-refractivity contribution is 0.197. The van der Waals surface area contributed by atoms with E-state index in [1.54, 1.807) is 21.8 Å². The second-order valence-electron chi connectivity index (χ2n) is 7.36. The number of carboxylic acid groups (broad SMARTS) is 1. The Morgan fingerprint density at radius 1 is 1.06 bits per heavy atom. The molecule has 0 aliphatic heterocycles. The van der Waals surface area contributed by atoms with Gasteiger partial charge < -0.3 is 5.11 Å². The predicted molar refractivity (Wildman–Crippen MR) is 115 cm³/mol. The first-order chi connectivity index (χ1) is 15.0. The zero-order chi connectivity index (χ0) is 21.5. The Balaban J connectivity index is 1.62. The maximum absolute atomic E-state index is 11.8. The minimum atomic E-state index is -1.11. The molecule has 0 amide bonds. The molecule has 0 fully saturated rings. The third-order valence-corrected chi connectivity index (χ3v) is 5.35. The SMILES string of the molecule is CC(c1ccccc1)n1cc(-c2cn(C(=O)O)c3ncc(-c4cnn(C)c4)cc23)nn1. The molecule has 9 heteroatoms. The fourth-order valence-corrected chi connectivity index (χ4v) is 3.66. The van der Waals surface area contributed by atoms with E-state index in [0.717, 1.165) is 21.3 Å². The number of benzene rings is 1. The van der Waals surface area contributed by atoms with Crippen LogP contribution in [0.5, 0.6) is 0 Å². The lowest BCUT2D eigenvalue weighted by Gasteiger charge is -2.10. The first kappa shape index (κ1) is 18.7. The van der Waals surface area contributed by atoms with Crippen LogP contribution in [0.15, 0.2) is 67.4 Å². The number of carbonyl (C=O) groups is 1. The summed E-state index contributed by atoms with van der Waals surface area (Å²) in [5, 5.41) is 23.1. The van der Waals surface area contributed by atoms with Crippen molar-refractivity contribution in [1.82, 2.24) is 34.3 Å². The molecular weight excluding hydrogens is 394 g/mol. The Morgan fingerprint density at radius 3 is 2.58 bits per heavy atom. The van der Waals surface area contributed by atoms with E-state index in [1.165, 1.54) is 6.20 Å². The van der Waals surface area contributed by atoms with E-state index >= 15 is 0 Å². The van der Waals surface area contributed by atoms with Gasteiger partial charge in [-0.15, -0.1) is 5.10 Å². The number of pyridine rings is 1. The number of hydrogen-bond donors (Lipinski definition) is 1. The highest BCUT2D eigenvalue weighted by Gasteiger charge is 2.20. The molecule has 1 N–H and O–H groups in total. The monoisotopic (exact) mass is 413 g/mol. The fourth-order valence-electron chi connectivity index (χ4n) is 3.66. The van der Waals surface area contributed by atoms with Gasteiger partial charge in [-0.25, -0.2) is 19.0 Å². The van der Waals surface area contributed by atoms with E-state index in [2.05, 4.69) is 20.4 Å². The first-order valence-corrected chi connectivity index (χ1v) is 9.72. The number of nitrogens with zero attached hydrogens (tertiary/aromatic N) is 7. The quantitative estimate of drug-likeness (QED) is 0.480. The second kappa shape index (κ2) is 7.21. The van der Waals surface area contributed by atoms with Crippen LogP contribution in [0.25, 0.3) is 33.4 Å². The summed E-state index contributed by atoms with van der Waals surface area (Å²) in [5.41, 5.74) is 4.43. The van der Waals surface area contributed by atoms with Gasteiger partial charge in [0.2, 0.25) is 0 Å². The Morgan fingerprint density at radius 2 is 1.87 bits per heavy atom. The summed E-state index contributed by atoms with van der Waals surface area (Å²) in [6.45, 7) is 2.04. The van der Waals surface area contributed by atoms with E-state index < -0.39 is 6.09 Å². The molecule has 0 spiro atoms. The van der Waals surface area contributed by atoms with Gasteiger partial charge in [0.05, 0.1) is 18.4 Å². The molecule has 154 valence electrons. The van der Waals surface area contributed by atoms with E-state index in [-0.39, 0.29) is 6.04 Å². The predicted octanol–water partition coefficient (Wildman–Crippen LogP) is 3.83. The molecule has 4 heterocycles. The summed E-state index contributed by atoms with van der Waals surface area (Å²) in [7, 11) is 1.84. The fraction of sp³-hybridized carbons (Fsp3) is 0.136. The Kier molecular flexibility index (Phi) is 4.36. The first-order valence-electron chi connectivity index (χ1n) is 9.72. The molecule has 5 aromatic rings. The summed E-state index contributed by atoms with van der Waals surface area (Å²) < 4.78 is 4.59. The molecule has 9 nitrogen and oxygen atoms in total. The highest BCUT2D eigenvalue weighted by atomic mass is 16.4. The Labute approximate surface area is 177 Å². The number of rotatable bonds is 4. The van der Waals surface area contributed by atoms with Crippen molar-refractivity contribution in [3.8, 4) is 22.4 Å². The molecule has 1 atom stereocenters. The van der Waals surface area contributed by atoms with Crippen molar-refractivity contribution >= 4 is 17.1 Å². The van der Waals surface area contributed by atoms with Gasteiger partial charge in [-0.2, -0.15) is 5.10 Å². The second-order valence-corrected chi connectivity index (χ2v) is 7.36. The van der Waals surface area contributed by atoms with Crippen LogP contribution in [0, 0.1) is 0 Å². The van der Waals surface area contributed by atoms with Gasteiger partial charge in [0.25, 0.3) is 0 Å². The topological polar surface area (TPSA) is 104 Å². The molecular formula is C22H19N7O2. The van der Waals surface area contributed by atoms with Crippen molar-refractivity contribution in [1.29, 1.82) is 0 Å². The largest absolute Gasteiger partial charge is 0.464 e. The molecule has 0 saturated heterocycles. The van der Waals surface area contributed by atoms with Crippen LogP contribution >= 0.6 is 0 Å². The van der Waals surface area contributed by atoms with E-state index in [4.69, 9.17) is 0 Å². The van der Waals surface area contributed by atoms with Crippen molar-refractivity contribution in [2.75, 3.05) is 0 Å². The highest BCUT2D eigenvalue weighted by molar-refractivity contribution is 5.99. The van der Waals surface area contributed by atoms with E-state index in [1.807, 2.05) is 62.8 Å². The van der Waals surface area contributed by atoms with Crippen LogP contribution in [-0.2, 0) is 7.05 Å².